The fourth-order valence-corrected chi connectivity index (χ4v) is 2.31. The quantitative estimate of drug-likeness (QED) is 0.667. The van der Waals surface area contributed by atoms with Crippen LogP contribution >= 0.6 is 11.6 Å². The van der Waals surface area contributed by atoms with Crippen LogP contribution in [0.4, 0.5) is 4.39 Å². The summed E-state index contributed by atoms with van der Waals surface area (Å²) in [6.07, 6.45) is 2.41. The number of carbonyl (C=O) groups is 1. The standard InChI is InChI=1S/C13H16ClFN2O2/c14-10-4-3-5-11(15)12(10)13(18)16-19-9-8-17-6-1-2-7-17/h3-5H,1-2,6-9H2,(H,16,18). The number of rotatable bonds is 5. The van der Waals surface area contributed by atoms with E-state index in [1.54, 1.807) is 0 Å². The monoisotopic (exact) mass is 286 g/mol. The molecule has 104 valence electrons. The van der Waals surface area contributed by atoms with Crippen LogP contribution < -0.4 is 5.48 Å². The second kappa shape index (κ2) is 6.84. The van der Waals surface area contributed by atoms with E-state index in [0.29, 0.717) is 6.61 Å². The van der Waals surface area contributed by atoms with Gasteiger partial charge in [-0.2, -0.15) is 0 Å². The van der Waals surface area contributed by atoms with Crippen molar-refractivity contribution in [3.8, 4) is 0 Å². The number of amides is 1. The molecule has 6 heteroatoms. The van der Waals surface area contributed by atoms with Crippen molar-refractivity contribution in [1.82, 2.24) is 10.4 Å². The summed E-state index contributed by atoms with van der Waals surface area (Å²) in [4.78, 5) is 19.0. The predicted molar refractivity (Wildman–Crippen MR) is 70.5 cm³/mol. The van der Waals surface area contributed by atoms with E-state index in [9.17, 15) is 9.18 Å². The van der Waals surface area contributed by atoms with Crippen LogP contribution in [-0.2, 0) is 4.84 Å². The van der Waals surface area contributed by atoms with Gasteiger partial charge in [0.1, 0.15) is 5.82 Å². The summed E-state index contributed by atoms with van der Waals surface area (Å²) in [6.45, 7) is 3.26. The van der Waals surface area contributed by atoms with Crippen LogP contribution in [0.15, 0.2) is 18.2 Å². The minimum atomic E-state index is -0.662. The Morgan fingerprint density at radius 1 is 1.42 bits per heavy atom. The van der Waals surface area contributed by atoms with E-state index < -0.39 is 11.7 Å². The lowest BCUT2D eigenvalue weighted by atomic mass is 10.2. The van der Waals surface area contributed by atoms with E-state index >= 15 is 0 Å². The lowest BCUT2D eigenvalue weighted by Gasteiger charge is -2.14. The molecule has 1 aromatic carbocycles. The van der Waals surface area contributed by atoms with E-state index in [0.717, 1.165) is 19.6 Å². The van der Waals surface area contributed by atoms with Crippen molar-refractivity contribution in [2.75, 3.05) is 26.2 Å². The van der Waals surface area contributed by atoms with Crippen LogP contribution in [0, 0.1) is 5.82 Å². The second-order valence-corrected chi connectivity index (χ2v) is 4.83. The van der Waals surface area contributed by atoms with Crippen LogP contribution in [0.25, 0.3) is 0 Å². The zero-order valence-electron chi connectivity index (χ0n) is 10.5. The molecular weight excluding hydrogens is 271 g/mol. The Morgan fingerprint density at radius 2 is 2.16 bits per heavy atom. The molecule has 1 aromatic rings. The summed E-state index contributed by atoms with van der Waals surface area (Å²) in [6, 6.07) is 4.09. The highest BCUT2D eigenvalue weighted by Gasteiger charge is 2.16. The third kappa shape index (κ3) is 3.89. The molecule has 0 bridgehead atoms. The van der Waals surface area contributed by atoms with Crippen molar-refractivity contribution in [2.45, 2.75) is 12.8 Å². The summed E-state index contributed by atoms with van der Waals surface area (Å²) in [5.74, 6) is -1.32. The Balaban J connectivity index is 1.77. The SMILES string of the molecule is O=C(NOCCN1CCCC1)c1c(F)cccc1Cl. The Bertz CT molecular complexity index is 430. The largest absolute Gasteiger partial charge is 0.301 e. The van der Waals surface area contributed by atoms with Gasteiger partial charge in [0.2, 0.25) is 0 Å². The third-order valence-electron chi connectivity index (χ3n) is 3.06. The molecule has 0 aromatic heterocycles. The summed E-state index contributed by atoms with van der Waals surface area (Å²) >= 11 is 5.78. The highest BCUT2D eigenvalue weighted by atomic mass is 35.5. The zero-order valence-corrected chi connectivity index (χ0v) is 11.3. The topological polar surface area (TPSA) is 41.6 Å². The van der Waals surface area contributed by atoms with Gasteiger partial charge < -0.3 is 4.90 Å². The number of halogens is 2. The average molecular weight is 287 g/mol. The fourth-order valence-electron chi connectivity index (χ4n) is 2.06. The molecule has 0 unspecified atom stereocenters. The average Bonchev–Trinajstić information content (AvgIpc) is 2.87. The molecule has 1 amide bonds. The molecule has 1 fully saturated rings. The number of benzene rings is 1. The number of nitrogens with one attached hydrogen (secondary N) is 1. The second-order valence-electron chi connectivity index (χ2n) is 4.43. The van der Waals surface area contributed by atoms with Crippen molar-refractivity contribution in [2.24, 2.45) is 0 Å². The smallest absolute Gasteiger partial charge is 0.279 e. The number of likely N-dealkylation sites (tertiary alicyclic amines) is 1. The number of hydroxylamine groups is 1. The Hall–Kier alpha value is -1.17. The van der Waals surface area contributed by atoms with Gasteiger partial charge in [-0.3, -0.25) is 9.63 Å². The highest BCUT2D eigenvalue weighted by Crippen LogP contribution is 2.18. The minimum Gasteiger partial charge on any atom is -0.301 e. The van der Waals surface area contributed by atoms with Gasteiger partial charge in [0.05, 0.1) is 17.2 Å². The van der Waals surface area contributed by atoms with E-state index in [2.05, 4.69) is 10.4 Å². The lowest BCUT2D eigenvalue weighted by molar-refractivity contribution is 0.0241. The molecule has 19 heavy (non-hydrogen) atoms. The molecule has 1 aliphatic rings. The first-order valence-corrected chi connectivity index (χ1v) is 6.65. The normalized spacial score (nSPS) is 15.7. The molecule has 0 spiro atoms. The third-order valence-corrected chi connectivity index (χ3v) is 3.38. The molecule has 1 saturated heterocycles. The predicted octanol–water partition coefficient (Wildman–Crippen LogP) is 2.24. The van der Waals surface area contributed by atoms with Gasteiger partial charge in [-0.15, -0.1) is 0 Å². The zero-order chi connectivity index (χ0) is 13.7. The number of carbonyl (C=O) groups excluding carboxylic acids is 1. The molecule has 0 atom stereocenters. The summed E-state index contributed by atoms with van der Waals surface area (Å²) in [5.41, 5.74) is 2.03. The summed E-state index contributed by atoms with van der Waals surface area (Å²) < 4.78 is 13.4. The first-order valence-electron chi connectivity index (χ1n) is 6.27. The molecule has 0 saturated carbocycles. The lowest BCUT2D eigenvalue weighted by Crippen LogP contribution is -2.30. The van der Waals surface area contributed by atoms with Crippen LogP contribution in [0.2, 0.25) is 5.02 Å². The van der Waals surface area contributed by atoms with Crippen LogP contribution in [0.1, 0.15) is 23.2 Å². The number of hydrogen-bond donors (Lipinski definition) is 1. The van der Waals surface area contributed by atoms with Gasteiger partial charge >= 0.3 is 0 Å². The van der Waals surface area contributed by atoms with Crippen molar-refractivity contribution < 1.29 is 14.0 Å². The van der Waals surface area contributed by atoms with Crippen LogP contribution in [-0.4, -0.2) is 37.0 Å². The van der Waals surface area contributed by atoms with Crippen molar-refractivity contribution in [1.29, 1.82) is 0 Å². The first kappa shape index (κ1) is 14.2. The number of nitrogens with zero attached hydrogens (tertiary/aromatic N) is 1. The van der Waals surface area contributed by atoms with E-state index in [1.807, 2.05) is 0 Å². The fraction of sp³-hybridized carbons (Fsp3) is 0.462. The Kier molecular flexibility index (Phi) is 5.13. The first-order chi connectivity index (χ1) is 9.18. The minimum absolute atomic E-state index is 0.0700. The van der Waals surface area contributed by atoms with Gasteiger partial charge in [0, 0.05) is 6.54 Å². The van der Waals surface area contributed by atoms with Crippen molar-refractivity contribution in [3.05, 3.63) is 34.6 Å². The maximum Gasteiger partial charge on any atom is 0.279 e. The van der Waals surface area contributed by atoms with Crippen LogP contribution in [0.3, 0.4) is 0 Å². The van der Waals surface area contributed by atoms with Gasteiger partial charge in [0.15, 0.2) is 0 Å². The van der Waals surface area contributed by atoms with Gasteiger partial charge in [0.25, 0.3) is 5.91 Å². The Labute approximate surface area is 116 Å². The van der Waals surface area contributed by atoms with Gasteiger partial charge in [-0.1, -0.05) is 17.7 Å². The van der Waals surface area contributed by atoms with Crippen LogP contribution in [0.5, 0.6) is 0 Å². The van der Waals surface area contributed by atoms with E-state index in [4.69, 9.17) is 16.4 Å². The summed E-state index contributed by atoms with van der Waals surface area (Å²) in [5, 5.41) is 0.0700. The van der Waals surface area contributed by atoms with Gasteiger partial charge in [-0.05, 0) is 38.1 Å². The molecule has 2 rings (SSSR count). The number of hydrogen-bond acceptors (Lipinski definition) is 3. The molecule has 0 radical (unpaired) electrons. The Morgan fingerprint density at radius 3 is 2.84 bits per heavy atom. The molecule has 0 aliphatic carbocycles. The summed E-state index contributed by atoms with van der Waals surface area (Å²) in [7, 11) is 0. The maximum atomic E-state index is 13.4. The molecule has 4 nitrogen and oxygen atoms in total. The molecule has 1 aliphatic heterocycles. The van der Waals surface area contributed by atoms with E-state index in [-0.39, 0.29) is 10.6 Å². The molecule has 1 N–H and O–H groups in total. The van der Waals surface area contributed by atoms with Gasteiger partial charge in [-0.25, -0.2) is 9.87 Å². The molecule has 1 heterocycles. The highest BCUT2D eigenvalue weighted by molar-refractivity contribution is 6.33. The van der Waals surface area contributed by atoms with Crippen molar-refractivity contribution in [3.63, 3.8) is 0 Å². The van der Waals surface area contributed by atoms with Crippen molar-refractivity contribution >= 4 is 17.5 Å². The maximum absolute atomic E-state index is 13.4. The van der Waals surface area contributed by atoms with E-state index in [1.165, 1.54) is 31.0 Å². The molecular formula is C13H16ClFN2O2.